The zero-order chi connectivity index (χ0) is 9.97. The van der Waals surface area contributed by atoms with Gasteiger partial charge in [-0.3, -0.25) is 0 Å². The molecule has 0 spiro atoms. The maximum atomic E-state index is 8.83. The highest BCUT2D eigenvalue weighted by atomic mass is 16.4. The number of oxime groups is 1. The number of benzene rings is 1. The molecule has 72 valence electrons. The molecule has 0 aliphatic carbocycles. The summed E-state index contributed by atoms with van der Waals surface area (Å²) in [5, 5.41) is 13.2. The van der Waals surface area contributed by atoms with Gasteiger partial charge in [0.1, 0.15) is 0 Å². The molecule has 0 amide bonds. The minimum Gasteiger partial charge on any atom is -0.411 e. The Morgan fingerprint density at radius 1 is 1.43 bits per heavy atom. The first-order valence-corrected chi connectivity index (χ1v) is 4.64. The number of hydrogen-bond donors (Lipinski definition) is 2. The molecule has 0 aliphatic rings. The monoisotopic (exact) mass is 188 g/mol. The molecular formula is C11H12N2O. The van der Waals surface area contributed by atoms with Crippen LogP contribution in [0.1, 0.15) is 18.9 Å². The molecule has 2 rings (SSSR count). The lowest BCUT2D eigenvalue weighted by Crippen LogP contribution is -1.96. The number of fused-ring (bicyclic) bond motifs is 1. The van der Waals surface area contributed by atoms with Crippen molar-refractivity contribution in [3.8, 4) is 0 Å². The van der Waals surface area contributed by atoms with Gasteiger partial charge in [-0.2, -0.15) is 0 Å². The summed E-state index contributed by atoms with van der Waals surface area (Å²) >= 11 is 0. The van der Waals surface area contributed by atoms with Gasteiger partial charge in [-0.25, -0.2) is 0 Å². The van der Waals surface area contributed by atoms with E-state index in [1.165, 1.54) is 0 Å². The second kappa shape index (κ2) is 3.54. The molecule has 0 unspecified atom stereocenters. The largest absolute Gasteiger partial charge is 0.411 e. The first-order valence-electron chi connectivity index (χ1n) is 4.64. The quantitative estimate of drug-likeness (QED) is 0.425. The molecule has 1 heterocycles. The van der Waals surface area contributed by atoms with Gasteiger partial charge >= 0.3 is 0 Å². The van der Waals surface area contributed by atoms with E-state index in [9.17, 15) is 0 Å². The van der Waals surface area contributed by atoms with Crippen LogP contribution >= 0.6 is 0 Å². The fourth-order valence-electron chi connectivity index (χ4n) is 1.63. The van der Waals surface area contributed by atoms with Crippen LogP contribution in [0.3, 0.4) is 0 Å². The van der Waals surface area contributed by atoms with E-state index in [0.29, 0.717) is 5.71 Å². The first kappa shape index (κ1) is 8.81. The van der Waals surface area contributed by atoms with Gasteiger partial charge in [0.05, 0.1) is 5.71 Å². The van der Waals surface area contributed by atoms with Crippen molar-refractivity contribution < 1.29 is 5.21 Å². The third-order valence-corrected chi connectivity index (χ3v) is 2.36. The van der Waals surface area contributed by atoms with Gasteiger partial charge in [-0.1, -0.05) is 30.3 Å². The smallest absolute Gasteiger partial charge is 0.0886 e. The topological polar surface area (TPSA) is 48.4 Å². The van der Waals surface area contributed by atoms with Crippen molar-refractivity contribution in [3.05, 3.63) is 36.0 Å². The van der Waals surface area contributed by atoms with E-state index in [-0.39, 0.29) is 0 Å². The summed E-state index contributed by atoms with van der Waals surface area (Å²) in [5.74, 6) is 0. The zero-order valence-corrected chi connectivity index (χ0v) is 7.99. The normalized spacial score (nSPS) is 12.2. The van der Waals surface area contributed by atoms with E-state index in [1.807, 2.05) is 37.4 Å². The standard InChI is InChI=1S/C11H12N2O/c1-2-10(13-14)9-7-12-11-6-4-3-5-8(9)11/h3-7,12,14H,2H2,1H3. The predicted molar refractivity (Wildman–Crippen MR) is 56.9 cm³/mol. The van der Waals surface area contributed by atoms with Gasteiger partial charge in [-0.15, -0.1) is 0 Å². The lowest BCUT2D eigenvalue weighted by molar-refractivity contribution is 0.318. The molecule has 0 saturated carbocycles. The summed E-state index contributed by atoms with van der Waals surface area (Å²) in [4.78, 5) is 3.15. The maximum Gasteiger partial charge on any atom is 0.0886 e. The molecule has 3 heteroatoms. The van der Waals surface area contributed by atoms with Crippen LogP contribution in [0.5, 0.6) is 0 Å². The van der Waals surface area contributed by atoms with Crippen LogP contribution in [0, 0.1) is 0 Å². The molecule has 0 bridgehead atoms. The number of aromatic nitrogens is 1. The van der Waals surface area contributed by atoms with Gasteiger partial charge in [0.2, 0.25) is 0 Å². The van der Waals surface area contributed by atoms with Crippen molar-refractivity contribution in [2.24, 2.45) is 5.16 Å². The molecule has 0 aliphatic heterocycles. The molecule has 0 saturated heterocycles. The van der Waals surface area contributed by atoms with Gasteiger partial charge in [0.25, 0.3) is 0 Å². The number of nitrogens with one attached hydrogen (secondary N) is 1. The summed E-state index contributed by atoms with van der Waals surface area (Å²) in [7, 11) is 0. The van der Waals surface area contributed by atoms with Crippen molar-refractivity contribution in [3.63, 3.8) is 0 Å². The fourth-order valence-corrected chi connectivity index (χ4v) is 1.63. The number of aromatic amines is 1. The van der Waals surface area contributed by atoms with Crippen LogP contribution in [-0.2, 0) is 0 Å². The highest BCUT2D eigenvalue weighted by Gasteiger charge is 2.07. The second-order valence-electron chi connectivity index (χ2n) is 3.15. The van der Waals surface area contributed by atoms with E-state index >= 15 is 0 Å². The van der Waals surface area contributed by atoms with Crippen molar-refractivity contribution in [2.75, 3.05) is 0 Å². The Kier molecular flexibility index (Phi) is 2.23. The molecule has 3 nitrogen and oxygen atoms in total. The average molecular weight is 188 g/mol. The predicted octanol–water partition coefficient (Wildman–Crippen LogP) is 2.76. The summed E-state index contributed by atoms with van der Waals surface area (Å²) in [6.45, 7) is 1.97. The van der Waals surface area contributed by atoms with Crippen molar-refractivity contribution in [2.45, 2.75) is 13.3 Å². The third kappa shape index (κ3) is 1.27. The fraction of sp³-hybridized carbons (Fsp3) is 0.182. The lowest BCUT2D eigenvalue weighted by Gasteiger charge is -1.97. The Morgan fingerprint density at radius 3 is 2.93 bits per heavy atom. The Balaban J connectivity index is 2.63. The minimum absolute atomic E-state index is 0.711. The van der Waals surface area contributed by atoms with E-state index in [2.05, 4.69) is 10.1 Å². The molecule has 0 atom stereocenters. The Morgan fingerprint density at radius 2 is 2.21 bits per heavy atom. The SMILES string of the molecule is CCC(=NO)c1c[nH]c2ccccc12. The number of hydrogen-bond acceptors (Lipinski definition) is 2. The number of para-hydroxylation sites is 1. The Bertz CT molecular complexity index is 471. The summed E-state index contributed by atoms with van der Waals surface area (Å²) in [6, 6.07) is 7.97. The van der Waals surface area contributed by atoms with Gasteiger partial charge < -0.3 is 10.2 Å². The van der Waals surface area contributed by atoms with Crippen molar-refractivity contribution >= 4 is 16.6 Å². The van der Waals surface area contributed by atoms with Crippen LogP contribution in [-0.4, -0.2) is 15.9 Å². The van der Waals surface area contributed by atoms with Crippen molar-refractivity contribution in [1.82, 2.24) is 4.98 Å². The highest BCUT2D eigenvalue weighted by molar-refractivity contribution is 6.10. The van der Waals surface area contributed by atoms with Crippen LogP contribution in [0.2, 0.25) is 0 Å². The van der Waals surface area contributed by atoms with E-state index in [0.717, 1.165) is 22.9 Å². The number of H-pyrrole nitrogens is 1. The van der Waals surface area contributed by atoms with Crippen LogP contribution in [0.25, 0.3) is 10.9 Å². The van der Waals surface area contributed by atoms with E-state index in [1.54, 1.807) is 0 Å². The summed E-state index contributed by atoms with van der Waals surface area (Å²) < 4.78 is 0. The molecule has 0 radical (unpaired) electrons. The van der Waals surface area contributed by atoms with E-state index < -0.39 is 0 Å². The number of nitrogens with zero attached hydrogens (tertiary/aromatic N) is 1. The molecular weight excluding hydrogens is 176 g/mol. The number of rotatable bonds is 2. The molecule has 1 aromatic carbocycles. The maximum absolute atomic E-state index is 8.83. The average Bonchev–Trinajstić information content (AvgIpc) is 2.65. The Hall–Kier alpha value is -1.77. The zero-order valence-electron chi connectivity index (χ0n) is 7.99. The highest BCUT2D eigenvalue weighted by Crippen LogP contribution is 2.19. The summed E-state index contributed by atoms with van der Waals surface area (Å²) in [5.41, 5.74) is 2.75. The van der Waals surface area contributed by atoms with Crippen LogP contribution in [0.4, 0.5) is 0 Å². The molecule has 14 heavy (non-hydrogen) atoms. The van der Waals surface area contributed by atoms with Crippen molar-refractivity contribution in [1.29, 1.82) is 0 Å². The molecule has 2 N–H and O–H groups in total. The van der Waals surface area contributed by atoms with Gasteiger partial charge in [0, 0.05) is 22.7 Å². The van der Waals surface area contributed by atoms with Gasteiger partial charge in [-0.05, 0) is 12.5 Å². The third-order valence-electron chi connectivity index (χ3n) is 2.36. The van der Waals surface area contributed by atoms with Crippen LogP contribution in [0.15, 0.2) is 35.6 Å². The lowest BCUT2D eigenvalue weighted by atomic mass is 10.1. The minimum atomic E-state index is 0.711. The van der Waals surface area contributed by atoms with Crippen LogP contribution < -0.4 is 0 Å². The Labute approximate surface area is 82.1 Å². The van der Waals surface area contributed by atoms with E-state index in [4.69, 9.17) is 5.21 Å². The first-order chi connectivity index (χ1) is 6.86. The second-order valence-corrected chi connectivity index (χ2v) is 3.15. The molecule has 0 fully saturated rings. The molecule has 2 aromatic rings. The van der Waals surface area contributed by atoms with Gasteiger partial charge in [0.15, 0.2) is 0 Å². The summed E-state index contributed by atoms with van der Waals surface area (Å²) in [6.07, 6.45) is 2.60. The molecule has 1 aromatic heterocycles.